The smallest absolute Gasteiger partial charge is 0.463 e. The number of phosphoric ester groups is 2. The van der Waals surface area contributed by atoms with Crippen LogP contribution in [0.1, 0.15) is 393 Å². The Bertz CT molecular complexity index is 3020. The highest BCUT2D eigenvalue weighted by Gasteiger charge is 2.30. The Labute approximate surface area is 750 Å². The normalized spacial score (nSPS) is 14.6. The first-order chi connectivity index (χ1) is 60.2. The summed E-state index contributed by atoms with van der Waals surface area (Å²) < 4.78 is 61.6. The zero-order chi connectivity index (χ0) is 89.3. The quantitative estimate of drug-likeness (QED) is 0.0146. The highest BCUT2D eigenvalue weighted by molar-refractivity contribution is 7.47. The van der Waals surface area contributed by atoms with Crippen LogP contribution in [0.2, 0.25) is 0 Å². The summed E-state index contributed by atoms with van der Waals surface area (Å²) in [5.74, 6) is -1.58. The molecule has 0 aliphatic heterocycles. The molecule has 0 radical (unpaired) electrons. The van der Waals surface area contributed by atoms with Gasteiger partial charge in [-0.3, -0.25) is 32.5 Å². The van der Waals surface area contributed by atoms with E-state index < -0.39 is 91.5 Å². The van der Waals surface area contributed by atoms with Crippen molar-refractivity contribution in [2.24, 2.45) is 0 Å². The molecule has 0 spiro atoms. The van der Waals surface area contributed by atoms with E-state index in [-0.39, 0.29) is 19.3 Å². The van der Waals surface area contributed by atoms with Gasteiger partial charge in [-0.2, -0.15) is 0 Å². The average Bonchev–Trinajstić information content (AvgIpc) is 0.891. The number of hydrogen-bond acceptors (Lipinski definition) is 14. The summed E-state index contributed by atoms with van der Waals surface area (Å²) in [5, 5.41) is 20.8. The van der Waals surface area contributed by atoms with Crippen LogP contribution in [0.5, 0.6) is 0 Å². The molecule has 0 amide bonds. The van der Waals surface area contributed by atoms with Gasteiger partial charge in [-0.05, 0) is 167 Å². The predicted octanol–water partition coefficient (Wildman–Crippen LogP) is 30.6. The standard InChI is InChI=1S/C105H176O16P2/c1-4-7-10-13-16-19-22-25-28-31-34-37-40-43-46-48-49-51-54-55-58-61-64-67-70-73-76-79-82-85-88-91-103(108)115-94-100(106)95-117-122(111,112)118-96-101(107)97-119-123(113,114)120-99-102(121-105(110)93-90-87-84-81-78-75-72-69-66-63-60-57-52-45-42-39-36-33-30-27-24-21-18-15-12-9-6-3)98-116-104(109)92-89-86-83-80-77-74-71-68-65-62-59-56-53-50-47-44-41-38-35-32-29-26-23-20-17-14-11-8-5-2/h7,9-10,12,16-21,25-30,34-39,43-47,49,51-52,60,63,100-102,106-107H,4-6,8,11,13-15,22-24,31-33,40-42,48,50,53-59,61-62,64-99H2,1-3H3,(H,111,112)(H,113,114)/b10-7-,12-9-,19-16-,20-17-,21-18-,28-25-,29-26-,30-27-,37-34-,38-35-,39-36-,46-43-,47-44-,51-49-,52-45-,63-60-. The lowest BCUT2D eigenvalue weighted by Crippen LogP contribution is -2.30. The molecule has 18 heteroatoms. The maximum absolute atomic E-state index is 13.1. The van der Waals surface area contributed by atoms with Crippen LogP contribution in [0.3, 0.4) is 0 Å². The van der Waals surface area contributed by atoms with Crippen LogP contribution in [0.4, 0.5) is 0 Å². The van der Waals surface area contributed by atoms with Crippen LogP contribution < -0.4 is 0 Å². The summed E-state index contributed by atoms with van der Waals surface area (Å²) in [6.07, 6.45) is 128. The topological polar surface area (TPSA) is 231 Å². The van der Waals surface area contributed by atoms with Crippen molar-refractivity contribution in [2.45, 2.75) is 411 Å². The fourth-order valence-electron chi connectivity index (χ4n) is 13.0. The van der Waals surface area contributed by atoms with E-state index in [1.807, 2.05) is 0 Å². The Morgan fingerprint density at radius 3 is 0.683 bits per heavy atom. The average molecular weight is 1760 g/mol. The summed E-state index contributed by atoms with van der Waals surface area (Å²) in [5.41, 5.74) is 0. The highest BCUT2D eigenvalue weighted by Crippen LogP contribution is 2.45. The predicted molar refractivity (Wildman–Crippen MR) is 518 cm³/mol. The Hall–Kier alpha value is -5.61. The molecule has 0 aliphatic carbocycles. The van der Waals surface area contributed by atoms with Gasteiger partial charge in [-0.25, -0.2) is 9.13 Å². The van der Waals surface area contributed by atoms with Gasteiger partial charge in [0.1, 0.15) is 25.4 Å². The van der Waals surface area contributed by atoms with Crippen molar-refractivity contribution in [3.8, 4) is 0 Å². The van der Waals surface area contributed by atoms with Crippen LogP contribution in [0.15, 0.2) is 194 Å². The molecule has 0 fully saturated rings. The molecule has 5 unspecified atom stereocenters. The van der Waals surface area contributed by atoms with E-state index in [0.717, 1.165) is 199 Å². The van der Waals surface area contributed by atoms with Gasteiger partial charge in [0.05, 0.1) is 26.4 Å². The monoisotopic (exact) mass is 1760 g/mol. The number of aliphatic hydroxyl groups excluding tert-OH is 2. The van der Waals surface area contributed by atoms with Crippen molar-refractivity contribution in [3.05, 3.63) is 194 Å². The number of carbonyl (C=O) groups is 3. The van der Waals surface area contributed by atoms with E-state index in [9.17, 15) is 43.5 Å². The number of carbonyl (C=O) groups excluding carboxylic acids is 3. The Balaban J connectivity index is 4.67. The van der Waals surface area contributed by atoms with Gasteiger partial charge >= 0.3 is 33.6 Å². The SMILES string of the molecule is CC/C=C\C/C=C\C/C=C\C/C=C\C/C=C\C/C=C\CCCCCCCCCCCCCCC(=O)OCC(O)COP(=O)(O)OCC(O)COP(=O)(O)OCC(COC(=O)CCCCCCCCCCCCCCC/C=C\C/C=C\C/C=C\C/C=C\CCCCC)OC(=O)CCCCCCCCCC/C=C\C/C=C\C/C=C\C/C=C\C/C=C\C/C=C\CC. The zero-order valence-corrected chi connectivity index (χ0v) is 79.3. The van der Waals surface area contributed by atoms with Gasteiger partial charge in [0.2, 0.25) is 0 Å². The molecule has 0 aromatic rings. The van der Waals surface area contributed by atoms with Crippen molar-refractivity contribution < 1.29 is 75.8 Å². The number of ether oxygens (including phenoxy) is 3. The van der Waals surface area contributed by atoms with E-state index in [1.54, 1.807) is 0 Å². The van der Waals surface area contributed by atoms with E-state index in [4.69, 9.17) is 32.3 Å². The van der Waals surface area contributed by atoms with Crippen LogP contribution >= 0.6 is 15.6 Å². The molecule has 0 heterocycles. The molecule has 5 atom stereocenters. The molecule has 0 aliphatic rings. The van der Waals surface area contributed by atoms with Crippen LogP contribution in [0, 0.1) is 0 Å². The third kappa shape index (κ3) is 96.9. The molecule has 0 aromatic heterocycles. The highest BCUT2D eigenvalue weighted by atomic mass is 31.2. The summed E-state index contributed by atoms with van der Waals surface area (Å²) in [7, 11) is -9.83. The van der Waals surface area contributed by atoms with E-state index >= 15 is 0 Å². The maximum atomic E-state index is 13.1. The molecule has 0 bridgehead atoms. The van der Waals surface area contributed by atoms with Crippen molar-refractivity contribution in [1.82, 2.24) is 0 Å². The minimum Gasteiger partial charge on any atom is -0.463 e. The molecule has 0 saturated heterocycles. The first-order valence-electron chi connectivity index (χ1n) is 48.7. The largest absolute Gasteiger partial charge is 0.472 e. The first kappa shape index (κ1) is 117. The van der Waals surface area contributed by atoms with Gasteiger partial charge < -0.3 is 34.2 Å². The maximum Gasteiger partial charge on any atom is 0.472 e. The number of rotatable bonds is 91. The van der Waals surface area contributed by atoms with E-state index in [0.29, 0.717) is 19.3 Å². The lowest BCUT2D eigenvalue weighted by atomic mass is 10.0. The molecule has 0 saturated carbocycles. The third-order valence-corrected chi connectivity index (χ3v) is 22.2. The minimum atomic E-state index is -4.95. The number of hydrogen-bond donors (Lipinski definition) is 4. The molecule has 0 rings (SSSR count). The zero-order valence-electron chi connectivity index (χ0n) is 77.5. The van der Waals surface area contributed by atoms with Gasteiger partial charge in [0, 0.05) is 19.3 Å². The van der Waals surface area contributed by atoms with Crippen molar-refractivity contribution in [2.75, 3.05) is 39.6 Å². The van der Waals surface area contributed by atoms with E-state index in [2.05, 4.69) is 215 Å². The molecule has 0 aromatic carbocycles. The summed E-state index contributed by atoms with van der Waals surface area (Å²) in [6, 6.07) is 0. The van der Waals surface area contributed by atoms with Gasteiger partial charge in [0.25, 0.3) is 0 Å². The Morgan fingerprint density at radius 2 is 0.431 bits per heavy atom. The fourth-order valence-corrected chi connectivity index (χ4v) is 14.6. The number of aliphatic hydroxyl groups is 2. The molecule has 16 nitrogen and oxygen atoms in total. The Kier molecular flexibility index (Phi) is 91.1. The minimum absolute atomic E-state index is 0.0885. The van der Waals surface area contributed by atoms with Gasteiger partial charge in [0.15, 0.2) is 6.10 Å². The third-order valence-electron chi connectivity index (χ3n) is 20.3. The lowest BCUT2D eigenvalue weighted by molar-refractivity contribution is -0.161. The first-order valence-corrected chi connectivity index (χ1v) is 51.7. The Morgan fingerprint density at radius 1 is 0.236 bits per heavy atom. The molecular formula is C105H176O16P2. The second-order valence-electron chi connectivity index (χ2n) is 32.1. The molecule has 702 valence electrons. The van der Waals surface area contributed by atoms with Gasteiger partial charge in [-0.15, -0.1) is 0 Å². The van der Waals surface area contributed by atoms with Gasteiger partial charge in [-0.1, -0.05) is 401 Å². The van der Waals surface area contributed by atoms with Crippen molar-refractivity contribution >= 4 is 33.6 Å². The van der Waals surface area contributed by atoms with Crippen molar-refractivity contribution in [1.29, 1.82) is 0 Å². The van der Waals surface area contributed by atoms with Crippen LogP contribution in [-0.4, -0.2) is 95.9 Å². The number of allylic oxidation sites excluding steroid dienone is 32. The van der Waals surface area contributed by atoms with E-state index in [1.165, 1.54) is 135 Å². The number of unbranched alkanes of at least 4 members (excludes halogenated alkanes) is 36. The second kappa shape index (κ2) is 95.5. The lowest BCUT2D eigenvalue weighted by Gasteiger charge is -2.21. The van der Waals surface area contributed by atoms with Crippen LogP contribution in [0.25, 0.3) is 0 Å². The van der Waals surface area contributed by atoms with Crippen molar-refractivity contribution in [3.63, 3.8) is 0 Å². The second-order valence-corrected chi connectivity index (χ2v) is 35.0. The summed E-state index contributed by atoms with van der Waals surface area (Å²) >= 11 is 0. The summed E-state index contributed by atoms with van der Waals surface area (Å²) in [4.78, 5) is 59.1. The number of esters is 3. The van der Waals surface area contributed by atoms with Crippen LogP contribution in [-0.2, 0) is 55.8 Å². The molecule has 123 heavy (non-hydrogen) atoms. The fraction of sp³-hybridized carbons (Fsp3) is 0.667. The number of phosphoric acid groups is 2. The summed E-state index contributed by atoms with van der Waals surface area (Å²) in [6.45, 7) is 2.46. The molecular weight excluding hydrogens is 1580 g/mol. The molecule has 4 N–H and O–H groups in total.